The number of nitrogens with zero attached hydrogens (tertiary/aromatic N) is 2. The van der Waals surface area contributed by atoms with Crippen LogP contribution in [0.15, 0.2) is 53.1 Å². The summed E-state index contributed by atoms with van der Waals surface area (Å²) in [5.41, 5.74) is 1.31. The molecule has 1 amide bonds. The van der Waals surface area contributed by atoms with Gasteiger partial charge < -0.3 is 24.4 Å². The van der Waals surface area contributed by atoms with Crippen LogP contribution in [0.25, 0.3) is 11.4 Å². The number of nitrogens with one attached hydrogen (secondary N) is 1. The van der Waals surface area contributed by atoms with Crippen LogP contribution in [0.3, 0.4) is 0 Å². The van der Waals surface area contributed by atoms with Gasteiger partial charge >= 0.3 is 11.8 Å². The van der Waals surface area contributed by atoms with Crippen molar-refractivity contribution in [1.29, 1.82) is 0 Å². The second kappa shape index (κ2) is 8.33. The number of carbonyl (C=O) groups is 1. The Morgan fingerprint density at radius 3 is 2.59 bits per heavy atom. The highest BCUT2D eigenvalue weighted by Crippen LogP contribution is 2.31. The van der Waals surface area contributed by atoms with Crippen LogP contribution in [-0.4, -0.2) is 41.9 Å². The molecule has 0 aliphatic heterocycles. The Kier molecular flexibility index (Phi) is 5.68. The van der Waals surface area contributed by atoms with E-state index in [0.717, 1.165) is 0 Å². The van der Waals surface area contributed by atoms with Crippen molar-refractivity contribution >= 4 is 5.91 Å². The average Bonchev–Trinajstić information content (AvgIpc) is 3.22. The van der Waals surface area contributed by atoms with Gasteiger partial charge in [0.1, 0.15) is 0 Å². The van der Waals surface area contributed by atoms with Crippen LogP contribution < -0.4 is 14.8 Å². The predicted molar refractivity (Wildman–Crippen MR) is 96.6 cm³/mol. The van der Waals surface area contributed by atoms with E-state index in [1.165, 1.54) is 14.2 Å². The minimum absolute atomic E-state index is 0.0247. The van der Waals surface area contributed by atoms with Crippen LogP contribution in [0.5, 0.6) is 11.5 Å². The molecule has 8 nitrogen and oxygen atoms in total. The molecule has 0 radical (unpaired) electrons. The molecule has 27 heavy (non-hydrogen) atoms. The van der Waals surface area contributed by atoms with E-state index in [1.807, 2.05) is 18.2 Å². The second-order valence-electron chi connectivity index (χ2n) is 5.63. The number of carbonyl (C=O) groups excluding carboxylic acids is 1. The van der Waals surface area contributed by atoms with Gasteiger partial charge in [0.15, 0.2) is 11.5 Å². The number of aromatic nitrogens is 2. The predicted octanol–water partition coefficient (Wildman–Crippen LogP) is 2.22. The molecule has 0 fully saturated rings. The molecule has 1 heterocycles. The molecule has 140 valence electrons. The maximum atomic E-state index is 12.2. The van der Waals surface area contributed by atoms with E-state index in [9.17, 15) is 9.90 Å². The van der Waals surface area contributed by atoms with Gasteiger partial charge in [-0.3, -0.25) is 4.79 Å². The normalized spacial score (nSPS) is 11.7. The second-order valence-corrected chi connectivity index (χ2v) is 5.63. The van der Waals surface area contributed by atoms with Crippen molar-refractivity contribution in [3.63, 3.8) is 0 Å². The molecule has 0 bridgehead atoms. The van der Waals surface area contributed by atoms with Gasteiger partial charge in [-0.15, -0.1) is 0 Å². The largest absolute Gasteiger partial charge is 0.493 e. The highest BCUT2D eigenvalue weighted by atomic mass is 16.5. The number of methoxy groups -OCH3 is 2. The highest BCUT2D eigenvalue weighted by molar-refractivity contribution is 5.89. The van der Waals surface area contributed by atoms with Crippen molar-refractivity contribution in [2.24, 2.45) is 0 Å². The molecule has 3 rings (SSSR count). The number of benzene rings is 2. The molecule has 3 aromatic rings. The van der Waals surface area contributed by atoms with Gasteiger partial charge in [0.2, 0.25) is 5.82 Å². The molecule has 8 heteroatoms. The Bertz CT molecular complexity index is 911. The molecular weight excluding hydrogens is 350 g/mol. The number of aliphatic hydroxyl groups is 1. The van der Waals surface area contributed by atoms with Gasteiger partial charge in [0.05, 0.1) is 20.3 Å². The third kappa shape index (κ3) is 4.24. The molecule has 1 unspecified atom stereocenters. The molecule has 0 saturated heterocycles. The molecule has 2 N–H and O–H groups in total. The molecule has 0 aliphatic rings. The zero-order valence-corrected chi connectivity index (χ0v) is 14.9. The molecule has 2 aromatic carbocycles. The first-order valence-corrected chi connectivity index (χ1v) is 8.19. The van der Waals surface area contributed by atoms with Crippen LogP contribution in [-0.2, 0) is 0 Å². The first-order chi connectivity index (χ1) is 13.1. The Labute approximate surface area is 155 Å². The lowest BCUT2D eigenvalue weighted by molar-refractivity contribution is 0.0873. The molecule has 0 aliphatic carbocycles. The number of ether oxygens (including phenoxy) is 2. The van der Waals surface area contributed by atoms with Gasteiger partial charge in [-0.2, -0.15) is 4.98 Å². The summed E-state index contributed by atoms with van der Waals surface area (Å²) >= 11 is 0. The fourth-order valence-electron chi connectivity index (χ4n) is 2.47. The van der Waals surface area contributed by atoms with E-state index in [4.69, 9.17) is 14.0 Å². The van der Waals surface area contributed by atoms with Crippen molar-refractivity contribution in [1.82, 2.24) is 15.5 Å². The van der Waals surface area contributed by atoms with Gasteiger partial charge in [-0.1, -0.05) is 35.5 Å². The van der Waals surface area contributed by atoms with Crippen molar-refractivity contribution in [3.05, 3.63) is 60.0 Å². The number of amides is 1. The lowest BCUT2D eigenvalue weighted by atomic mass is 10.1. The third-order valence-electron chi connectivity index (χ3n) is 3.90. The zero-order valence-electron chi connectivity index (χ0n) is 14.9. The van der Waals surface area contributed by atoms with E-state index < -0.39 is 12.0 Å². The standard InChI is InChI=1S/C19H19N3O5/c1-25-15-9-8-13(10-16(15)26-2)17-21-19(27-22-17)18(24)20-11-14(23)12-6-4-3-5-7-12/h3-10,14,23H,11H2,1-2H3,(H,20,24). The molecule has 1 aromatic heterocycles. The maximum Gasteiger partial charge on any atom is 0.316 e. The third-order valence-corrected chi connectivity index (χ3v) is 3.90. The van der Waals surface area contributed by atoms with E-state index in [2.05, 4.69) is 15.5 Å². The van der Waals surface area contributed by atoms with Crippen molar-refractivity contribution < 1.29 is 23.9 Å². The summed E-state index contributed by atoms with van der Waals surface area (Å²) < 4.78 is 15.4. The van der Waals surface area contributed by atoms with Crippen LogP contribution in [0.4, 0.5) is 0 Å². The summed E-state index contributed by atoms with van der Waals surface area (Å²) in [5, 5.41) is 16.5. The summed E-state index contributed by atoms with van der Waals surface area (Å²) in [5.74, 6) is 0.559. The van der Waals surface area contributed by atoms with Crippen molar-refractivity contribution in [2.75, 3.05) is 20.8 Å². The Balaban J connectivity index is 1.67. The fraction of sp³-hybridized carbons (Fsp3) is 0.211. The topological polar surface area (TPSA) is 107 Å². The molecule has 0 saturated carbocycles. The summed E-state index contributed by atoms with van der Waals surface area (Å²) in [6.07, 6.45) is -0.830. The van der Waals surface area contributed by atoms with E-state index >= 15 is 0 Å². The SMILES string of the molecule is COc1ccc(-c2noc(C(=O)NCC(O)c3ccccc3)n2)cc1OC. The molecule has 0 spiro atoms. The average molecular weight is 369 g/mol. The number of hydrogen-bond donors (Lipinski definition) is 2. The van der Waals surface area contributed by atoms with E-state index in [0.29, 0.717) is 22.6 Å². The lowest BCUT2D eigenvalue weighted by Crippen LogP contribution is -2.28. The monoisotopic (exact) mass is 369 g/mol. The fourth-order valence-corrected chi connectivity index (χ4v) is 2.47. The lowest BCUT2D eigenvalue weighted by Gasteiger charge is -2.10. The smallest absolute Gasteiger partial charge is 0.316 e. The minimum Gasteiger partial charge on any atom is -0.493 e. The van der Waals surface area contributed by atoms with Crippen LogP contribution in [0.1, 0.15) is 22.4 Å². The molecule has 1 atom stereocenters. The van der Waals surface area contributed by atoms with Gasteiger partial charge in [0, 0.05) is 12.1 Å². The number of aliphatic hydroxyl groups excluding tert-OH is 1. The molecular formula is C19H19N3O5. The van der Waals surface area contributed by atoms with Gasteiger partial charge in [0.25, 0.3) is 0 Å². The van der Waals surface area contributed by atoms with Gasteiger partial charge in [-0.05, 0) is 23.8 Å². The summed E-state index contributed by atoms with van der Waals surface area (Å²) in [6, 6.07) is 14.2. The van der Waals surface area contributed by atoms with Crippen LogP contribution in [0.2, 0.25) is 0 Å². The quantitative estimate of drug-likeness (QED) is 0.657. The Morgan fingerprint density at radius 2 is 1.89 bits per heavy atom. The number of rotatable bonds is 7. The van der Waals surface area contributed by atoms with Crippen molar-refractivity contribution in [3.8, 4) is 22.9 Å². The van der Waals surface area contributed by atoms with E-state index in [1.54, 1.807) is 30.3 Å². The first kappa shape index (κ1) is 18.4. The van der Waals surface area contributed by atoms with Gasteiger partial charge in [-0.25, -0.2) is 0 Å². The Morgan fingerprint density at radius 1 is 1.15 bits per heavy atom. The first-order valence-electron chi connectivity index (χ1n) is 8.19. The van der Waals surface area contributed by atoms with E-state index in [-0.39, 0.29) is 18.3 Å². The highest BCUT2D eigenvalue weighted by Gasteiger charge is 2.18. The summed E-state index contributed by atoms with van der Waals surface area (Å²) in [6.45, 7) is 0.0247. The van der Waals surface area contributed by atoms with Crippen LogP contribution in [0, 0.1) is 0 Å². The summed E-state index contributed by atoms with van der Waals surface area (Å²) in [7, 11) is 3.06. The van der Waals surface area contributed by atoms with Crippen LogP contribution >= 0.6 is 0 Å². The minimum atomic E-state index is -0.830. The Hall–Kier alpha value is -3.39. The van der Waals surface area contributed by atoms with Crippen molar-refractivity contribution in [2.45, 2.75) is 6.10 Å². The maximum absolute atomic E-state index is 12.2. The number of hydrogen-bond acceptors (Lipinski definition) is 7. The summed E-state index contributed by atoms with van der Waals surface area (Å²) in [4.78, 5) is 16.3. The zero-order chi connectivity index (χ0) is 19.2.